The fourth-order valence-electron chi connectivity index (χ4n) is 1.72. The van der Waals surface area contributed by atoms with Crippen molar-refractivity contribution < 1.29 is 26.7 Å². The summed E-state index contributed by atoms with van der Waals surface area (Å²) in [4.78, 5) is 10.6. The van der Waals surface area contributed by atoms with Crippen molar-refractivity contribution in [3.8, 4) is 0 Å². The molecule has 0 fully saturated rings. The van der Waals surface area contributed by atoms with E-state index in [-0.39, 0.29) is 35.0 Å². The molecule has 0 heterocycles. The number of hydrogen-bond acceptors (Lipinski definition) is 5. The van der Waals surface area contributed by atoms with Gasteiger partial charge in [-0.3, -0.25) is 4.79 Å². The summed E-state index contributed by atoms with van der Waals surface area (Å²) in [5.41, 5.74) is 0.509. The van der Waals surface area contributed by atoms with Crippen LogP contribution in [0.2, 0.25) is 0 Å². The smallest absolute Gasteiger partial charge is 0.307 e. The summed E-state index contributed by atoms with van der Waals surface area (Å²) in [5, 5.41) is 8.64. The van der Waals surface area contributed by atoms with Gasteiger partial charge in [-0.05, 0) is 24.1 Å². The minimum absolute atomic E-state index is 0.00304. The van der Waals surface area contributed by atoms with Crippen molar-refractivity contribution in [2.24, 2.45) is 0 Å². The van der Waals surface area contributed by atoms with Crippen molar-refractivity contribution in [3.05, 3.63) is 29.8 Å². The standard InChI is InChI=1S/C13H18O6S2/c1-2-20(16,17)8-3-9-21(18,19)12-6-4-11(5-7-12)10-13(14)15/h4-7H,2-3,8-10H2,1H3,(H,14,15). The number of rotatable bonds is 8. The number of sulfone groups is 2. The Morgan fingerprint density at radius 3 is 2.10 bits per heavy atom. The molecule has 21 heavy (non-hydrogen) atoms. The van der Waals surface area contributed by atoms with E-state index in [1.54, 1.807) is 0 Å². The highest BCUT2D eigenvalue weighted by molar-refractivity contribution is 7.92. The fourth-order valence-corrected chi connectivity index (χ4v) is 4.09. The molecule has 0 atom stereocenters. The normalized spacial score (nSPS) is 12.2. The second kappa shape index (κ2) is 7.04. The van der Waals surface area contributed by atoms with Crippen LogP contribution in [0.3, 0.4) is 0 Å². The van der Waals surface area contributed by atoms with Crippen molar-refractivity contribution in [1.29, 1.82) is 0 Å². The van der Waals surface area contributed by atoms with Crippen LogP contribution in [0.25, 0.3) is 0 Å². The van der Waals surface area contributed by atoms with Crippen LogP contribution in [-0.2, 0) is 30.9 Å². The van der Waals surface area contributed by atoms with Crippen LogP contribution in [0, 0.1) is 0 Å². The molecule has 0 aliphatic carbocycles. The Morgan fingerprint density at radius 1 is 1.05 bits per heavy atom. The van der Waals surface area contributed by atoms with Crippen LogP contribution in [0.5, 0.6) is 0 Å². The van der Waals surface area contributed by atoms with Gasteiger partial charge in [0, 0.05) is 5.75 Å². The maximum atomic E-state index is 12.0. The zero-order chi connectivity index (χ0) is 16.1. The van der Waals surface area contributed by atoms with Crippen LogP contribution in [0.15, 0.2) is 29.2 Å². The summed E-state index contributed by atoms with van der Waals surface area (Å²) in [5.74, 6) is -1.39. The van der Waals surface area contributed by atoms with Crippen molar-refractivity contribution in [2.75, 3.05) is 17.3 Å². The second-order valence-corrected chi connectivity index (χ2v) is 9.21. The Balaban J connectivity index is 2.72. The molecule has 8 heteroatoms. The minimum Gasteiger partial charge on any atom is -0.481 e. The molecule has 1 aromatic carbocycles. The van der Waals surface area contributed by atoms with E-state index < -0.39 is 25.6 Å². The van der Waals surface area contributed by atoms with Gasteiger partial charge in [-0.2, -0.15) is 0 Å². The molecule has 0 amide bonds. The van der Waals surface area contributed by atoms with Gasteiger partial charge in [-0.1, -0.05) is 19.1 Å². The van der Waals surface area contributed by atoms with Gasteiger partial charge in [-0.15, -0.1) is 0 Å². The summed E-state index contributed by atoms with van der Waals surface area (Å²) in [6.45, 7) is 1.52. The first kappa shape index (κ1) is 17.6. The zero-order valence-corrected chi connectivity index (χ0v) is 13.3. The quantitative estimate of drug-likeness (QED) is 0.757. The Kier molecular flexibility index (Phi) is 5.91. The van der Waals surface area contributed by atoms with Crippen molar-refractivity contribution in [1.82, 2.24) is 0 Å². The minimum atomic E-state index is -3.55. The second-order valence-electron chi connectivity index (χ2n) is 4.62. The molecule has 0 spiro atoms. The predicted octanol–water partition coefficient (Wildman–Crippen LogP) is 0.912. The van der Waals surface area contributed by atoms with Crippen molar-refractivity contribution >= 4 is 25.6 Å². The van der Waals surface area contributed by atoms with Gasteiger partial charge in [0.25, 0.3) is 0 Å². The maximum absolute atomic E-state index is 12.0. The van der Waals surface area contributed by atoms with Gasteiger partial charge in [0.05, 0.1) is 22.8 Å². The van der Waals surface area contributed by atoms with Crippen LogP contribution in [0.4, 0.5) is 0 Å². The third-order valence-electron chi connectivity index (χ3n) is 2.95. The number of carboxylic acids is 1. The van der Waals surface area contributed by atoms with E-state index in [0.29, 0.717) is 5.56 Å². The average Bonchev–Trinajstić information content (AvgIpc) is 2.38. The highest BCUT2D eigenvalue weighted by atomic mass is 32.2. The molecule has 0 unspecified atom stereocenters. The van der Waals surface area contributed by atoms with Gasteiger partial charge in [0.15, 0.2) is 9.84 Å². The highest BCUT2D eigenvalue weighted by Crippen LogP contribution is 2.14. The van der Waals surface area contributed by atoms with E-state index in [1.165, 1.54) is 31.2 Å². The zero-order valence-electron chi connectivity index (χ0n) is 11.6. The number of carbonyl (C=O) groups is 1. The molecule has 1 rings (SSSR count). The number of benzene rings is 1. The van der Waals surface area contributed by atoms with E-state index in [1.807, 2.05) is 0 Å². The third kappa shape index (κ3) is 5.84. The fraction of sp³-hybridized carbons (Fsp3) is 0.462. The molecule has 0 radical (unpaired) electrons. The Hall–Kier alpha value is -1.41. The van der Waals surface area contributed by atoms with Crippen molar-refractivity contribution in [3.63, 3.8) is 0 Å². The number of hydrogen-bond donors (Lipinski definition) is 1. The van der Waals surface area contributed by atoms with Crippen LogP contribution in [0.1, 0.15) is 18.9 Å². The van der Waals surface area contributed by atoms with E-state index in [0.717, 1.165) is 0 Å². The van der Waals surface area contributed by atoms with Gasteiger partial charge in [0.2, 0.25) is 0 Å². The molecule has 0 aliphatic rings. The monoisotopic (exact) mass is 334 g/mol. The van der Waals surface area contributed by atoms with Gasteiger partial charge in [0.1, 0.15) is 9.84 Å². The number of aliphatic carboxylic acids is 1. The molecule has 1 N–H and O–H groups in total. The molecular weight excluding hydrogens is 316 g/mol. The summed E-state index contributed by atoms with van der Waals surface area (Å²) in [7, 11) is -6.72. The summed E-state index contributed by atoms with van der Waals surface area (Å²) < 4.78 is 46.7. The third-order valence-corrected chi connectivity index (χ3v) is 6.55. The SMILES string of the molecule is CCS(=O)(=O)CCCS(=O)(=O)c1ccc(CC(=O)O)cc1. The molecular formula is C13H18O6S2. The largest absolute Gasteiger partial charge is 0.481 e. The Labute approximate surface area is 124 Å². The molecule has 0 bridgehead atoms. The predicted molar refractivity (Wildman–Crippen MR) is 78.8 cm³/mol. The average molecular weight is 334 g/mol. The summed E-state index contributed by atoms with van der Waals surface area (Å²) in [6, 6.07) is 5.59. The topological polar surface area (TPSA) is 106 Å². The molecule has 0 saturated carbocycles. The molecule has 0 saturated heterocycles. The van der Waals surface area contributed by atoms with Crippen LogP contribution >= 0.6 is 0 Å². The Morgan fingerprint density at radius 2 is 1.62 bits per heavy atom. The van der Waals surface area contributed by atoms with Crippen molar-refractivity contribution in [2.45, 2.75) is 24.7 Å². The van der Waals surface area contributed by atoms with E-state index in [2.05, 4.69) is 0 Å². The molecule has 0 aliphatic heterocycles. The van der Waals surface area contributed by atoms with Crippen LogP contribution in [-0.4, -0.2) is 45.2 Å². The van der Waals surface area contributed by atoms with E-state index in [9.17, 15) is 21.6 Å². The highest BCUT2D eigenvalue weighted by Gasteiger charge is 2.16. The van der Waals surface area contributed by atoms with E-state index in [4.69, 9.17) is 5.11 Å². The molecule has 0 aromatic heterocycles. The lowest BCUT2D eigenvalue weighted by atomic mass is 10.2. The lowest BCUT2D eigenvalue weighted by Crippen LogP contribution is -2.14. The van der Waals surface area contributed by atoms with Crippen LogP contribution < -0.4 is 0 Å². The lowest BCUT2D eigenvalue weighted by Gasteiger charge is -2.05. The maximum Gasteiger partial charge on any atom is 0.307 e. The number of carboxylic acid groups (broad SMARTS) is 1. The first-order valence-corrected chi connectivity index (χ1v) is 9.87. The summed E-state index contributed by atoms with van der Waals surface area (Å²) >= 11 is 0. The van der Waals surface area contributed by atoms with Gasteiger partial charge >= 0.3 is 5.97 Å². The lowest BCUT2D eigenvalue weighted by molar-refractivity contribution is -0.136. The Bertz CT molecular complexity index is 687. The van der Waals surface area contributed by atoms with Gasteiger partial charge < -0.3 is 5.11 Å². The molecule has 6 nitrogen and oxygen atoms in total. The first-order valence-electron chi connectivity index (χ1n) is 6.40. The first-order chi connectivity index (χ1) is 9.66. The molecule has 1 aromatic rings. The summed E-state index contributed by atoms with van der Waals surface area (Å²) in [6.07, 6.45) is -0.121. The van der Waals surface area contributed by atoms with E-state index >= 15 is 0 Å². The van der Waals surface area contributed by atoms with Gasteiger partial charge in [-0.25, -0.2) is 16.8 Å². The molecule has 118 valence electrons.